The van der Waals surface area contributed by atoms with Crippen molar-refractivity contribution in [3.63, 3.8) is 0 Å². The highest BCUT2D eigenvalue weighted by Crippen LogP contribution is 2.56. The molecule has 0 spiro atoms. The smallest absolute Gasteiger partial charge is 0.339 e. The van der Waals surface area contributed by atoms with Crippen LogP contribution in [0, 0.1) is 33.8 Å². The highest BCUT2D eigenvalue weighted by atomic mass is 16.6. The van der Waals surface area contributed by atoms with E-state index in [4.69, 9.17) is 9.72 Å². The fourth-order valence-corrected chi connectivity index (χ4v) is 7.02. The van der Waals surface area contributed by atoms with E-state index in [2.05, 4.69) is 0 Å². The molecule has 3 aliphatic rings. The molecule has 3 fully saturated rings. The maximum absolute atomic E-state index is 13.4. The molecule has 1 aromatic heterocycles. The number of fused-ring (bicyclic) bond motifs is 6. The molecule has 214 valence electrons. The van der Waals surface area contributed by atoms with Crippen LogP contribution in [0.1, 0.15) is 40.0 Å². The molecule has 1 saturated heterocycles. The van der Waals surface area contributed by atoms with E-state index in [1.807, 2.05) is 0 Å². The Morgan fingerprint density at radius 1 is 0.907 bits per heavy atom. The minimum absolute atomic E-state index is 0.132. The average Bonchev–Trinajstić information content (AvgIpc) is 3.72. The van der Waals surface area contributed by atoms with E-state index >= 15 is 0 Å². The van der Waals surface area contributed by atoms with Gasteiger partial charge in [0, 0.05) is 28.6 Å². The van der Waals surface area contributed by atoms with E-state index in [-0.39, 0.29) is 52.3 Å². The summed E-state index contributed by atoms with van der Waals surface area (Å²) in [6.45, 7) is -0.554. The number of pyridine rings is 1. The van der Waals surface area contributed by atoms with Crippen molar-refractivity contribution in [1.29, 1.82) is 0 Å². The summed E-state index contributed by atoms with van der Waals surface area (Å²) in [5.41, 5.74) is 2.28. The average molecular weight is 576 g/mol. The van der Waals surface area contributed by atoms with E-state index in [1.165, 1.54) is 29.2 Å². The lowest BCUT2D eigenvalue weighted by Crippen LogP contribution is -2.32. The van der Waals surface area contributed by atoms with Crippen molar-refractivity contribution in [2.24, 2.45) is 23.7 Å². The molecule has 0 radical (unpaired) electrons. The zero-order valence-corrected chi connectivity index (χ0v) is 22.8. The topological polar surface area (TPSA) is 137 Å². The van der Waals surface area contributed by atoms with E-state index in [9.17, 15) is 29.3 Å². The summed E-state index contributed by atoms with van der Waals surface area (Å²) in [7, 11) is 0. The summed E-state index contributed by atoms with van der Waals surface area (Å²) >= 11 is 0. The number of hydrogen-bond acceptors (Lipinski definition) is 8. The number of benzene rings is 3. The van der Waals surface area contributed by atoms with E-state index in [0.717, 1.165) is 19.3 Å². The van der Waals surface area contributed by atoms with Gasteiger partial charge in [0.05, 0.1) is 39.2 Å². The van der Waals surface area contributed by atoms with Crippen LogP contribution in [0.4, 0.5) is 11.4 Å². The molecular formula is C33H25N3O7. The molecule has 4 atom stereocenters. The van der Waals surface area contributed by atoms with Crippen molar-refractivity contribution >= 4 is 45.8 Å². The minimum Gasteiger partial charge on any atom is -0.454 e. The van der Waals surface area contributed by atoms with Crippen LogP contribution in [0.3, 0.4) is 0 Å². The van der Waals surface area contributed by atoms with Crippen molar-refractivity contribution in [2.45, 2.75) is 19.3 Å². The summed E-state index contributed by atoms with van der Waals surface area (Å²) in [6, 6.07) is 20.7. The van der Waals surface area contributed by atoms with Crippen LogP contribution in [0.2, 0.25) is 0 Å². The Hall–Kier alpha value is -5.25. The number of carbonyl (C=O) groups is 4. The van der Waals surface area contributed by atoms with Gasteiger partial charge < -0.3 is 4.74 Å². The number of nitro groups is 1. The maximum Gasteiger partial charge on any atom is 0.339 e. The minimum atomic E-state index is -0.737. The predicted octanol–water partition coefficient (Wildman–Crippen LogP) is 5.39. The number of ether oxygens (including phenoxy) is 1. The van der Waals surface area contributed by atoms with Crippen LogP contribution in [-0.4, -0.2) is 40.1 Å². The number of esters is 1. The second-order valence-electron chi connectivity index (χ2n) is 11.3. The standard InChI is InChI=1S/C33H25N3O7/c37-28(18-10-12-22(13-11-18)36(41)42)17-43-33(40)25-16-27(34-26-7-2-1-6-24(25)26)19-4-3-5-23(15-19)35-31(38)29-20-8-9-21(14-20)30(29)32(35)39/h1-7,10-13,15-16,20-21,29-30H,8-9,14,17H2/t20-,21-,29+,30+/m0/s1. The van der Waals surface area contributed by atoms with Gasteiger partial charge in [-0.25, -0.2) is 9.78 Å². The molecule has 3 aromatic carbocycles. The second kappa shape index (κ2) is 10.2. The van der Waals surface area contributed by atoms with Gasteiger partial charge in [0.25, 0.3) is 5.69 Å². The Kier molecular flexibility index (Phi) is 6.34. The number of amides is 2. The van der Waals surface area contributed by atoms with E-state index < -0.39 is 23.3 Å². The number of ketones is 1. The number of nitrogens with zero attached hydrogens (tertiary/aromatic N) is 3. The van der Waals surface area contributed by atoms with Gasteiger partial charge in [-0.2, -0.15) is 0 Å². The molecule has 7 rings (SSSR count). The number of carbonyl (C=O) groups excluding carboxylic acids is 4. The number of rotatable bonds is 7. The molecule has 2 saturated carbocycles. The van der Waals surface area contributed by atoms with Gasteiger partial charge >= 0.3 is 5.97 Å². The Morgan fingerprint density at radius 2 is 1.60 bits per heavy atom. The number of aromatic nitrogens is 1. The Morgan fingerprint density at radius 3 is 2.30 bits per heavy atom. The highest BCUT2D eigenvalue weighted by Gasteiger charge is 2.61. The van der Waals surface area contributed by atoms with Crippen LogP contribution in [0.5, 0.6) is 0 Å². The first-order valence-electron chi connectivity index (χ1n) is 14.1. The molecule has 4 aromatic rings. The number of hydrogen-bond donors (Lipinski definition) is 0. The summed E-state index contributed by atoms with van der Waals surface area (Å²) in [6.07, 6.45) is 2.95. The summed E-state index contributed by atoms with van der Waals surface area (Å²) in [5, 5.41) is 11.4. The van der Waals surface area contributed by atoms with Crippen molar-refractivity contribution in [3.8, 4) is 11.3 Å². The summed E-state index contributed by atoms with van der Waals surface area (Å²) in [4.78, 5) is 69.1. The Balaban J connectivity index is 1.16. The van der Waals surface area contributed by atoms with E-state index in [1.54, 1.807) is 54.6 Å². The number of para-hydroxylation sites is 1. The Labute approximate surface area is 245 Å². The molecule has 1 aliphatic heterocycles. The molecule has 10 heteroatoms. The van der Waals surface area contributed by atoms with Crippen LogP contribution >= 0.6 is 0 Å². The zero-order chi connectivity index (χ0) is 29.8. The van der Waals surface area contributed by atoms with E-state index in [0.29, 0.717) is 27.8 Å². The maximum atomic E-state index is 13.4. The van der Waals surface area contributed by atoms with Crippen molar-refractivity contribution in [2.75, 3.05) is 11.5 Å². The quantitative estimate of drug-likeness (QED) is 0.0941. The van der Waals surface area contributed by atoms with Crippen molar-refractivity contribution in [1.82, 2.24) is 4.98 Å². The molecule has 0 N–H and O–H groups in total. The largest absolute Gasteiger partial charge is 0.454 e. The first kappa shape index (κ1) is 26.6. The molecule has 2 amide bonds. The van der Waals surface area contributed by atoms with Crippen molar-refractivity contribution < 1.29 is 28.8 Å². The molecular weight excluding hydrogens is 550 g/mol. The van der Waals surface area contributed by atoms with Gasteiger partial charge in [-0.15, -0.1) is 0 Å². The lowest BCUT2D eigenvalue weighted by atomic mass is 9.81. The van der Waals surface area contributed by atoms with Gasteiger partial charge in [-0.05, 0) is 67.5 Å². The fraction of sp³-hybridized carbons (Fsp3) is 0.242. The van der Waals surface area contributed by atoms with Gasteiger partial charge in [-0.3, -0.25) is 29.4 Å². The third kappa shape index (κ3) is 4.46. The highest BCUT2D eigenvalue weighted by molar-refractivity contribution is 6.22. The van der Waals surface area contributed by atoms with Crippen molar-refractivity contribution in [3.05, 3.63) is 100 Å². The summed E-state index contributed by atoms with van der Waals surface area (Å²) < 4.78 is 5.37. The third-order valence-electron chi connectivity index (χ3n) is 9.00. The lowest BCUT2D eigenvalue weighted by molar-refractivity contribution is -0.384. The van der Waals surface area contributed by atoms with Crippen LogP contribution in [0.15, 0.2) is 78.9 Å². The number of Topliss-reactive ketones (excluding diaryl/α,β-unsaturated/α-hetero) is 1. The third-order valence-corrected chi connectivity index (χ3v) is 9.00. The molecule has 2 aliphatic carbocycles. The SMILES string of the molecule is O=C(COC(=O)c1cc(-c2cccc(N3C(=O)[C@@H]4[C@H]5CC[C@@H](C5)[C@H]4C3=O)c2)nc2ccccc12)c1ccc([N+](=O)[O-])cc1. The molecule has 2 heterocycles. The number of nitro benzene ring substituents is 1. The first-order chi connectivity index (χ1) is 20.8. The molecule has 43 heavy (non-hydrogen) atoms. The van der Waals surface area contributed by atoms with Crippen LogP contribution in [0.25, 0.3) is 22.2 Å². The monoisotopic (exact) mass is 575 g/mol. The molecule has 0 unspecified atom stereocenters. The number of non-ortho nitro benzene ring substituents is 1. The lowest BCUT2D eigenvalue weighted by Gasteiger charge is -2.19. The fourth-order valence-electron chi connectivity index (χ4n) is 7.02. The summed E-state index contributed by atoms with van der Waals surface area (Å²) in [5.74, 6) is -1.41. The normalized spacial score (nSPS) is 22.2. The second-order valence-corrected chi connectivity index (χ2v) is 11.3. The molecule has 2 bridgehead atoms. The van der Waals surface area contributed by atoms with Crippen LogP contribution in [-0.2, 0) is 14.3 Å². The number of anilines is 1. The first-order valence-corrected chi connectivity index (χ1v) is 14.1. The van der Waals surface area contributed by atoms with Gasteiger partial charge in [0.15, 0.2) is 12.4 Å². The predicted molar refractivity (Wildman–Crippen MR) is 155 cm³/mol. The van der Waals surface area contributed by atoms with Gasteiger partial charge in [-0.1, -0.05) is 30.3 Å². The number of imide groups is 1. The zero-order valence-electron chi connectivity index (χ0n) is 22.8. The Bertz CT molecular complexity index is 1820. The van der Waals surface area contributed by atoms with Gasteiger partial charge in [0.1, 0.15) is 0 Å². The van der Waals surface area contributed by atoms with Gasteiger partial charge in [0.2, 0.25) is 11.8 Å². The van der Waals surface area contributed by atoms with Crippen LogP contribution < -0.4 is 4.90 Å². The molecule has 10 nitrogen and oxygen atoms in total.